The second-order valence-corrected chi connectivity index (χ2v) is 6.69. The van der Waals surface area contributed by atoms with E-state index >= 15 is 0 Å². The lowest BCUT2D eigenvalue weighted by molar-refractivity contribution is 0.0446. The third-order valence-corrected chi connectivity index (χ3v) is 3.54. The highest BCUT2D eigenvalue weighted by molar-refractivity contribution is 6.29. The molecule has 2 aromatic rings. The Bertz CT molecular complexity index is 654. The minimum absolute atomic E-state index is 0.229. The van der Waals surface area contributed by atoms with Crippen molar-refractivity contribution in [1.29, 1.82) is 0 Å². The van der Waals surface area contributed by atoms with E-state index in [1.807, 2.05) is 36.4 Å². The standard InChI is InChI=1S/C18H22ClN3O2/c1-18(2,24)13-22(12-14-6-4-3-5-7-14)17(23)21-11-15-8-9-16(19)20-10-15/h3-10,24H,11-13H2,1-2H3,(H,21,23). The van der Waals surface area contributed by atoms with Crippen molar-refractivity contribution in [2.75, 3.05) is 6.54 Å². The number of amides is 2. The fraction of sp³-hybridized carbons (Fsp3) is 0.333. The van der Waals surface area contributed by atoms with Crippen LogP contribution in [-0.2, 0) is 13.1 Å². The van der Waals surface area contributed by atoms with E-state index in [0.717, 1.165) is 11.1 Å². The van der Waals surface area contributed by atoms with Crippen LogP contribution >= 0.6 is 11.6 Å². The van der Waals surface area contributed by atoms with E-state index in [0.29, 0.717) is 18.2 Å². The molecule has 0 fully saturated rings. The van der Waals surface area contributed by atoms with Gasteiger partial charge in [-0.2, -0.15) is 0 Å². The Morgan fingerprint density at radius 2 is 1.92 bits per heavy atom. The van der Waals surface area contributed by atoms with Crippen molar-refractivity contribution in [3.63, 3.8) is 0 Å². The van der Waals surface area contributed by atoms with Gasteiger partial charge in [0.15, 0.2) is 0 Å². The number of carbonyl (C=O) groups is 1. The van der Waals surface area contributed by atoms with Crippen LogP contribution in [0.1, 0.15) is 25.0 Å². The number of rotatable bonds is 6. The van der Waals surface area contributed by atoms with Gasteiger partial charge in [-0.3, -0.25) is 0 Å². The summed E-state index contributed by atoms with van der Waals surface area (Å²) in [5.41, 5.74) is 0.884. The van der Waals surface area contributed by atoms with Gasteiger partial charge in [-0.05, 0) is 31.0 Å². The minimum atomic E-state index is -0.978. The summed E-state index contributed by atoms with van der Waals surface area (Å²) in [7, 11) is 0. The van der Waals surface area contributed by atoms with E-state index in [-0.39, 0.29) is 12.6 Å². The maximum Gasteiger partial charge on any atom is 0.318 e. The van der Waals surface area contributed by atoms with Gasteiger partial charge in [0.05, 0.1) is 12.1 Å². The van der Waals surface area contributed by atoms with Gasteiger partial charge in [0, 0.05) is 19.3 Å². The number of nitrogens with zero attached hydrogens (tertiary/aromatic N) is 2. The number of urea groups is 1. The van der Waals surface area contributed by atoms with Crippen molar-refractivity contribution in [2.45, 2.75) is 32.5 Å². The molecule has 0 aliphatic carbocycles. The van der Waals surface area contributed by atoms with Gasteiger partial charge in [0.2, 0.25) is 0 Å². The average molecular weight is 348 g/mol. The molecule has 128 valence electrons. The van der Waals surface area contributed by atoms with Crippen LogP contribution in [0.5, 0.6) is 0 Å². The predicted octanol–water partition coefficient (Wildman–Crippen LogP) is 3.22. The number of aromatic nitrogens is 1. The zero-order chi connectivity index (χ0) is 17.6. The van der Waals surface area contributed by atoms with Gasteiger partial charge in [-0.15, -0.1) is 0 Å². The summed E-state index contributed by atoms with van der Waals surface area (Å²) in [6, 6.07) is 12.9. The lowest BCUT2D eigenvalue weighted by Crippen LogP contribution is -2.46. The highest BCUT2D eigenvalue weighted by Crippen LogP contribution is 2.11. The molecule has 1 heterocycles. The lowest BCUT2D eigenvalue weighted by Gasteiger charge is -2.29. The fourth-order valence-corrected chi connectivity index (χ4v) is 2.38. The van der Waals surface area contributed by atoms with Crippen molar-refractivity contribution in [3.05, 3.63) is 64.9 Å². The molecule has 6 heteroatoms. The normalized spacial score (nSPS) is 11.2. The number of nitrogens with one attached hydrogen (secondary N) is 1. The second kappa shape index (κ2) is 8.13. The van der Waals surface area contributed by atoms with Crippen LogP contribution in [0.3, 0.4) is 0 Å². The van der Waals surface area contributed by atoms with Crippen molar-refractivity contribution >= 4 is 17.6 Å². The molecule has 5 nitrogen and oxygen atoms in total. The zero-order valence-corrected chi connectivity index (χ0v) is 14.6. The van der Waals surface area contributed by atoms with Crippen LogP contribution in [-0.4, -0.2) is 33.2 Å². The van der Waals surface area contributed by atoms with E-state index in [9.17, 15) is 9.90 Å². The van der Waals surface area contributed by atoms with E-state index < -0.39 is 5.60 Å². The Morgan fingerprint density at radius 3 is 2.50 bits per heavy atom. The minimum Gasteiger partial charge on any atom is -0.389 e. The number of benzene rings is 1. The molecule has 0 unspecified atom stereocenters. The Balaban J connectivity index is 2.02. The van der Waals surface area contributed by atoms with Gasteiger partial charge in [-0.1, -0.05) is 48.0 Å². The van der Waals surface area contributed by atoms with Crippen LogP contribution in [0, 0.1) is 0 Å². The lowest BCUT2D eigenvalue weighted by atomic mass is 10.1. The molecule has 2 rings (SSSR count). The first-order chi connectivity index (χ1) is 11.3. The molecule has 0 radical (unpaired) electrons. The molecule has 0 spiro atoms. The molecule has 0 aliphatic heterocycles. The number of hydrogen-bond donors (Lipinski definition) is 2. The first-order valence-electron chi connectivity index (χ1n) is 7.73. The molecule has 0 saturated carbocycles. The molecular formula is C18H22ClN3O2. The molecule has 1 aromatic carbocycles. The summed E-state index contributed by atoms with van der Waals surface area (Å²) in [6.07, 6.45) is 1.63. The van der Waals surface area contributed by atoms with Crippen molar-refractivity contribution < 1.29 is 9.90 Å². The highest BCUT2D eigenvalue weighted by Gasteiger charge is 2.22. The zero-order valence-electron chi connectivity index (χ0n) is 13.9. The second-order valence-electron chi connectivity index (χ2n) is 6.30. The molecule has 0 saturated heterocycles. The summed E-state index contributed by atoms with van der Waals surface area (Å²) in [6.45, 7) is 4.37. The number of pyridine rings is 1. The van der Waals surface area contributed by atoms with E-state index in [2.05, 4.69) is 10.3 Å². The first kappa shape index (κ1) is 18.2. The summed E-state index contributed by atoms with van der Waals surface area (Å²) < 4.78 is 0. The molecule has 2 amide bonds. The third kappa shape index (κ3) is 6.18. The quantitative estimate of drug-likeness (QED) is 0.788. The first-order valence-corrected chi connectivity index (χ1v) is 8.11. The van der Waals surface area contributed by atoms with Gasteiger partial charge < -0.3 is 15.3 Å². The van der Waals surface area contributed by atoms with Crippen LogP contribution in [0.2, 0.25) is 5.15 Å². The Hall–Kier alpha value is -2.11. The van der Waals surface area contributed by atoms with E-state index in [4.69, 9.17) is 11.6 Å². The van der Waals surface area contributed by atoms with Gasteiger partial charge >= 0.3 is 6.03 Å². The smallest absolute Gasteiger partial charge is 0.318 e. The van der Waals surface area contributed by atoms with Gasteiger partial charge in [0.25, 0.3) is 0 Å². The van der Waals surface area contributed by atoms with Crippen molar-refractivity contribution in [2.24, 2.45) is 0 Å². The van der Waals surface area contributed by atoms with Crippen LogP contribution < -0.4 is 5.32 Å². The largest absolute Gasteiger partial charge is 0.389 e. The molecule has 0 atom stereocenters. The summed E-state index contributed by atoms with van der Waals surface area (Å²) in [4.78, 5) is 18.1. The number of halogens is 1. The number of hydrogen-bond acceptors (Lipinski definition) is 3. The summed E-state index contributed by atoms with van der Waals surface area (Å²) in [5, 5.41) is 13.4. The van der Waals surface area contributed by atoms with Crippen LogP contribution in [0.15, 0.2) is 48.7 Å². The number of aliphatic hydroxyl groups is 1. The Labute approximate surface area is 147 Å². The monoisotopic (exact) mass is 347 g/mol. The molecule has 2 N–H and O–H groups in total. The van der Waals surface area contributed by atoms with Gasteiger partial charge in [-0.25, -0.2) is 9.78 Å². The molecule has 1 aromatic heterocycles. The summed E-state index contributed by atoms with van der Waals surface area (Å²) in [5.74, 6) is 0. The summed E-state index contributed by atoms with van der Waals surface area (Å²) >= 11 is 5.75. The predicted molar refractivity (Wildman–Crippen MR) is 94.6 cm³/mol. The SMILES string of the molecule is CC(C)(O)CN(Cc1ccccc1)C(=O)NCc1ccc(Cl)nc1. The average Bonchev–Trinajstić information content (AvgIpc) is 2.53. The van der Waals surface area contributed by atoms with Crippen molar-refractivity contribution in [1.82, 2.24) is 15.2 Å². The van der Waals surface area contributed by atoms with Crippen molar-refractivity contribution in [3.8, 4) is 0 Å². The maximum absolute atomic E-state index is 12.5. The Kier molecular flexibility index (Phi) is 6.17. The fourth-order valence-electron chi connectivity index (χ4n) is 2.27. The third-order valence-electron chi connectivity index (χ3n) is 3.31. The molecule has 24 heavy (non-hydrogen) atoms. The topological polar surface area (TPSA) is 65.5 Å². The molecule has 0 bridgehead atoms. The van der Waals surface area contributed by atoms with Crippen LogP contribution in [0.4, 0.5) is 4.79 Å². The molecular weight excluding hydrogens is 326 g/mol. The van der Waals surface area contributed by atoms with E-state index in [1.165, 1.54) is 0 Å². The number of carbonyl (C=O) groups excluding carboxylic acids is 1. The highest BCUT2D eigenvalue weighted by atomic mass is 35.5. The van der Waals surface area contributed by atoms with Gasteiger partial charge in [0.1, 0.15) is 5.15 Å². The van der Waals surface area contributed by atoms with Crippen LogP contribution in [0.25, 0.3) is 0 Å². The molecule has 0 aliphatic rings. The van der Waals surface area contributed by atoms with E-state index in [1.54, 1.807) is 31.0 Å². The Morgan fingerprint density at radius 1 is 1.21 bits per heavy atom. The maximum atomic E-state index is 12.5.